The minimum atomic E-state index is 0.459. The van der Waals surface area contributed by atoms with Gasteiger partial charge in [-0.15, -0.1) is 0 Å². The third-order valence-corrected chi connectivity index (χ3v) is 3.59. The first-order valence-corrected chi connectivity index (χ1v) is 6.90. The molecule has 0 amide bonds. The van der Waals surface area contributed by atoms with Crippen LogP contribution in [0.3, 0.4) is 0 Å². The summed E-state index contributed by atoms with van der Waals surface area (Å²) in [5.74, 6) is 0. The van der Waals surface area contributed by atoms with Crippen LogP contribution in [0.2, 0.25) is 5.02 Å². The van der Waals surface area contributed by atoms with E-state index in [2.05, 4.69) is 42.2 Å². The van der Waals surface area contributed by atoms with Gasteiger partial charge in [-0.1, -0.05) is 48.0 Å². The number of nitrogens with two attached hydrogens (primary N) is 1. The van der Waals surface area contributed by atoms with E-state index in [4.69, 9.17) is 17.3 Å². The lowest BCUT2D eigenvalue weighted by molar-refractivity contribution is 0.821. The number of rotatable bonds is 5. The Hall–Kier alpha value is -1.51. The molecule has 3 heteroatoms. The molecule has 2 aromatic rings. The van der Waals surface area contributed by atoms with E-state index in [9.17, 15) is 0 Å². The van der Waals surface area contributed by atoms with Gasteiger partial charge in [0.15, 0.2) is 0 Å². The van der Waals surface area contributed by atoms with Crippen LogP contribution < -0.4 is 10.6 Å². The number of nitrogens with zero attached hydrogens (tertiary/aromatic N) is 1. The molecule has 0 aliphatic rings. The molecule has 2 aromatic carbocycles. The van der Waals surface area contributed by atoms with E-state index in [1.807, 2.05) is 18.2 Å². The molecule has 2 nitrogen and oxygen atoms in total. The largest absolute Gasteiger partial charge is 0.367 e. The van der Waals surface area contributed by atoms with E-state index in [0.29, 0.717) is 6.54 Å². The topological polar surface area (TPSA) is 29.3 Å². The highest BCUT2D eigenvalue weighted by Gasteiger charge is 2.11. The molecule has 100 valence electrons. The van der Waals surface area contributed by atoms with Crippen molar-refractivity contribution >= 4 is 17.3 Å². The SMILES string of the molecule is CCN(Cc1ccccc1)c1cccc(Cl)c1CN. The van der Waals surface area contributed by atoms with Crippen molar-refractivity contribution in [2.24, 2.45) is 5.73 Å². The van der Waals surface area contributed by atoms with Gasteiger partial charge >= 0.3 is 0 Å². The highest BCUT2D eigenvalue weighted by atomic mass is 35.5. The Balaban J connectivity index is 2.30. The smallest absolute Gasteiger partial charge is 0.0471 e. The zero-order chi connectivity index (χ0) is 13.7. The molecule has 2 rings (SSSR count). The van der Waals surface area contributed by atoms with Gasteiger partial charge in [0.2, 0.25) is 0 Å². The molecule has 0 bridgehead atoms. The summed E-state index contributed by atoms with van der Waals surface area (Å²) >= 11 is 6.23. The van der Waals surface area contributed by atoms with Crippen molar-refractivity contribution in [3.8, 4) is 0 Å². The van der Waals surface area contributed by atoms with Crippen molar-refractivity contribution in [3.63, 3.8) is 0 Å². The average Bonchev–Trinajstić information content (AvgIpc) is 2.45. The molecule has 0 spiro atoms. The van der Waals surface area contributed by atoms with Crippen LogP contribution in [0.15, 0.2) is 48.5 Å². The first-order valence-electron chi connectivity index (χ1n) is 6.52. The summed E-state index contributed by atoms with van der Waals surface area (Å²) < 4.78 is 0. The van der Waals surface area contributed by atoms with E-state index in [0.717, 1.165) is 29.4 Å². The standard InChI is InChI=1S/C16H19ClN2/c1-2-19(12-13-7-4-3-5-8-13)16-10-6-9-15(17)14(16)11-18/h3-10H,2,11-12,18H2,1H3. The molecule has 0 aliphatic heterocycles. The molecular formula is C16H19ClN2. The third-order valence-electron chi connectivity index (χ3n) is 3.24. The summed E-state index contributed by atoms with van der Waals surface area (Å²) in [5, 5.41) is 0.742. The van der Waals surface area contributed by atoms with Gasteiger partial charge in [0.1, 0.15) is 0 Å². The van der Waals surface area contributed by atoms with Gasteiger partial charge < -0.3 is 10.6 Å². The average molecular weight is 275 g/mol. The Morgan fingerprint density at radius 2 is 1.79 bits per heavy atom. The number of anilines is 1. The maximum atomic E-state index is 6.23. The number of halogens is 1. The molecule has 0 heterocycles. The zero-order valence-corrected chi connectivity index (χ0v) is 11.9. The van der Waals surface area contributed by atoms with Crippen LogP contribution in [0.4, 0.5) is 5.69 Å². The van der Waals surface area contributed by atoms with E-state index in [-0.39, 0.29) is 0 Å². The second-order valence-electron chi connectivity index (χ2n) is 4.44. The van der Waals surface area contributed by atoms with Crippen molar-refractivity contribution in [2.75, 3.05) is 11.4 Å². The monoisotopic (exact) mass is 274 g/mol. The summed E-state index contributed by atoms with van der Waals surface area (Å²) in [6, 6.07) is 16.4. The minimum absolute atomic E-state index is 0.459. The van der Waals surface area contributed by atoms with Gasteiger partial charge in [0, 0.05) is 35.9 Å². The predicted octanol–water partition coefficient (Wildman–Crippen LogP) is 3.83. The lowest BCUT2D eigenvalue weighted by Crippen LogP contribution is -2.24. The lowest BCUT2D eigenvalue weighted by atomic mass is 10.1. The van der Waals surface area contributed by atoms with Gasteiger partial charge in [-0.05, 0) is 24.6 Å². The van der Waals surface area contributed by atoms with Gasteiger partial charge in [-0.2, -0.15) is 0 Å². The summed E-state index contributed by atoms with van der Waals surface area (Å²) in [7, 11) is 0. The normalized spacial score (nSPS) is 10.5. The molecule has 0 unspecified atom stereocenters. The summed E-state index contributed by atoms with van der Waals surface area (Å²) in [6.45, 7) is 4.39. The first kappa shape index (κ1) is 13.9. The van der Waals surface area contributed by atoms with Crippen LogP contribution in [0.5, 0.6) is 0 Å². The van der Waals surface area contributed by atoms with Crippen LogP contribution in [-0.4, -0.2) is 6.54 Å². The third kappa shape index (κ3) is 3.28. The first-order chi connectivity index (χ1) is 9.26. The minimum Gasteiger partial charge on any atom is -0.367 e. The van der Waals surface area contributed by atoms with Gasteiger partial charge in [0.05, 0.1) is 0 Å². The van der Waals surface area contributed by atoms with E-state index in [1.54, 1.807) is 0 Å². The highest BCUT2D eigenvalue weighted by Crippen LogP contribution is 2.28. The number of hydrogen-bond donors (Lipinski definition) is 1. The zero-order valence-electron chi connectivity index (χ0n) is 11.1. The van der Waals surface area contributed by atoms with Crippen molar-refractivity contribution in [2.45, 2.75) is 20.0 Å². The fourth-order valence-corrected chi connectivity index (χ4v) is 2.46. The molecule has 0 saturated heterocycles. The number of hydrogen-bond acceptors (Lipinski definition) is 2. The lowest BCUT2D eigenvalue weighted by Gasteiger charge is -2.26. The van der Waals surface area contributed by atoms with Crippen LogP contribution in [0, 0.1) is 0 Å². The van der Waals surface area contributed by atoms with E-state index in [1.165, 1.54) is 5.56 Å². The van der Waals surface area contributed by atoms with Crippen molar-refractivity contribution in [1.29, 1.82) is 0 Å². The van der Waals surface area contributed by atoms with Gasteiger partial charge in [-0.25, -0.2) is 0 Å². The molecular weight excluding hydrogens is 256 g/mol. The fourth-order valence-electron chi connectivity index (χ4n) is 2.22. The maximum absolute atomic E-state index is 6.23. The fraction of sp³-hybridized carbons (Fsp3) is 0.250. The molecule has 19 heavy (non-hydrogen) atoms. The van der Waals surface area contributed by atoms with Crippen LogP contribution in [-0.2, 0) is 13.1 Å². The Morgan fingerprint density at radius 3 is 2.42 bits per heavy atom. The van der Waals surface area contributed by atoms with Crippen molar-refractivity contribution in [1.82, 2.24) is 0 Å². The van der Waals surface area contributed by atoms with Gasteiger partial charge in [-0.3, -0.25) is 0 Å². The molecule has 0 saturated carbocycles. The van der Waals surface area contributed by atoms with Gasteiger partial charge in [0.25, 0.3) is 0 Å². The Morgan fingerprint density at radius 1 is 1.05 bits per heavy atom. The number of benzene rings is 2. The molecule has 0 aliphatic carbocycles. The predicted molar refractivity (Wildman–Crippen MR) is 82.5 cm³/mol. The maximum Gasteiger partial charge on any atom is 0.0471 e. The quantitative estimate of drug-likeness (QED) is 0.898. The van der Waals surface area contributed by atoms with Crippen molar-refractivity contribution < 1.29 is 0 Å². The Labute approximate surface area is 119 Å². The highest BCUT2D eigenvalue weighted by molar-refractivity contribution is 6.31. The Bertz CT molecular complexity index is 526. The molecule has 2 N–H and O–H groups in total. The van der Waals surface area contributed by atoms with E-state index < -0.39 is 0 Å². The summed E-state index contributed by atoms with van der Waals surface area (Å²) in [4.78, 5) is 2.30. The molecule has 0 fully saturated rings. The van der Waals surface area contributed by atoms with Crippen LogP contribution >= 0.6 is 11.6 Å². The molecule has 0 aromatic heterocycles. The Kier molecular flexibility index (Phi) is 4.83. The molecule has 0 atom stereocenters. The van der Waals surface area contributed by atoms with Crippen LogP contribution in [0.1, 0.15) is 18.1 Å². The summed E-state index contributed by atoms with van der Waals surface area (Å²) in [5.41, 5.74) is 9.25. The molecule has 0 radical (unpaired) electrons. The second kappa shape index (κ2) is 6.60. The van der Waals surface area contributed by atoms with Crippen molar-refractivity contribution in [3.05, 3.63) is 64.7 Å². The van der Waals surface area contributed by atoms with E-state index >= 15 is 0 Å². The summed E-state index contributed by atoms with van der Waals surface area (Å²) in [6.07, 6.45) is 0. The second-order valence-corrected chi connectivity index (χ2v) is 4.85. The van der Waals surface area contributed by atoms with Crippen LogP contribution in [0.25, 0.3) is 0 Å².